The number of hydrogen-bond donors (Lipinski definition) is 3. The molecular formula is C31H31N3O5S. The van der Waals surface area contributed by atoms with Crippen LogP contribution in [-0.2, 0) is 19.4 Å². The molecular weight excluding hydrogens is 526 g/mol. The van der Waals surface area contributed by atoms with Gasteiger partial charge in [0, 0.05) is 40.5 Å². The molecule has 4 heterocycles. The third-order valence-corrected chi connectivity index (χ3v) is 8.46. The minimum absolute atomic E-state index is 0.176. The number of nitrogens with zero attached hydrogens (tertiary/aromatic N) is 1. The highest BCUT2D eigenvalue weighted by atomic mass is 32.1. The van der Waals surface area contributed by atoms with Gasteiger partial charge >= 0.3 is 0 Å². The number of aliphatic hydroxyl groups is 1. The van der Waals surface area contributed by atoms with E-state index in [-0.39, 0.29) is 12.5 Å². The number of carbonyl (C=O) groups is 1. The summed E-state index contributed by atoms with van der Waals surface area (Å²) in [6, 6.07) is 15.5. The Morgan fingerprint density at radius 3 is 2.65 bits per heavy atom. The first-order valence-electron chi connectivity index (χ1n) is 13.1. The van der Waals surface area contributed by atoms with E-state index in [0.29, 0.717) is 42.2 Å². The maximum absolute atomic E-state index is 13.9. The van der Waals surface area contributed by atoms with Crippen LogP contribution < -0.4 is 19.5 Å². The van der Waals surface area contributed by atoms with Gasteiger partial charge in [-0.25, -0.2) is 0 Å². The van der Waals surface area contributed by atoms with Crippen molar-refractivity contribution in [2.75, 3.05) is 27.9 Å². The standard InChI is InChI=1S/C31H31N3O5S/c1-37-26-15-22-21(29(38-2)30(26)39-3)10-11-34-25(22)14-23(28(34)27-9-6-12-40-27)31(36)33-19(17-35)13-18-16-32-24-8-5-4-7-20(18)24/h4-9,12,14-16,19,32,35H,10-11,13,17H2,1-3H3,(H,33,36)/t19-/m1/s1. The molecule has 0 unspecified atom stereocenters. The molecule has 8 nitrogen and oxygen atoms in total. The number of hydrogen-bond acceptors (Lipinski definition) is 6. The molecule has 1 aliphatic rings. The largest absolute Gasteiger partial charge is 0.493 e. The lowest BCUT2D eigenvalue weighted by molar-refractivity contribution is 0.0917. The van der Waals surface area contributed by atoms with Crippen LogP contribution in [0.3, 0.4) is 0 Å². The summed E-state index contributed by atoms with van der Waals surface area (Å²) in [5, 5.41) is 16.4. The van der Waals surface area contributed by atoms with E-state index < -0.39 is 6.04 Å². The Balaban J connectivity index is 1.40. The number of fused-ring (bicyclic) bond motifs is 4. The molecule has 3 N–H and O–H groups in total. The summed E-state index contributed by atoms with van der Waals surface area (Å²) in [5.74, 6) is 1.55. The smallest absolute Gasteiger partial charge is 0.253 e. The Morgan fingerprint density at radius 2 is 1.93 bits per heavy atom. The normalized spacial score (nSPS) is 13.0. The average molecular weight is 558 g/mol. The molecule has 0 spiro atoms. The molecule has 40 heavy (non-hydrogen) atoms. The number of ether oxygens (including phenoxy) is 3. The highest BCUT2D eigenvalue weighted by Crippen LogP contribution is 2.49. The van der Waals surface area contributed by atoms with Crippen LogP contribution in [0.15, 0.2) is 60.1 Å². The predicted molar refractivity (Wildman–Crippen MR) is 157 cm³/mol. The number of methoxy groups -OCH3 is 3. The molecule has 0 fully saturated rings. The van der Waals surface area contributed by atoms with Crippen LogP contribution in [-0.4, -0.2) is 54.5 Å². The topological polar surface area (TPSA) is 97.7 Å². The number of carbonyl (C=O) groups excluding carboxylic acids is 1. The molecule has 1 aliphatic heterocycles. The summed E-state index contributed by atoms with van der Waals surface area (Å²) in [7, 11) is 4.83. The third kappa shape index (κ3) is 4.31. The number of benzene rings is 2. The van der Waals surface area contributed by atoms with Gasteiger partial charge in [-0.15, -0.1) is 11.3 Å². The summed E-state index contributed by atoms with van der Waals surface area (Å²) in [5.41, 5.74) is 6.37. The summed E-state index contributed by atoms with van der Waals surface area (Å²) in [6.45, 7) is 0.498. The number of aromatic amines is 1. The van der Waals surface area contributed by atoms with E-state index >= 15 is 0 Å². The molecule has 6 rings (SSSR count). The van der Waals surface area contributed by atoms with Gasteiger partial charge < -0.3 is 34.2 Å². The fourth-order valence-electron chi connectivity index (χ4n) is 5.76. The van der Waals surface area contributed by atoms with Crippen molar-refractivity contribution in [1.82, 2.24) is 14.9 Å². The van der Waals surface area contributed by atoms with Gasteiger partial charge in [-0.3, -0.25) is 4.79 Å². The first-order valence-corrected chi connectivity index (χ1v) is 14.0. The molecule has 2 aromatic carbocycles. The van der Waals surface area contributed by atoms with Gasteiger partial charge in [0.15, 0.2) is 11.5 Å². The minimum atomic E-state index is -0.448. The molecule has 206 valence electrons. The van der Waals surface area contributed by atoms with E-state index in [1.54, 1.807) is 32.7 Å². The van der Waals surface area contributed by atoms with Crippen molar-refractivity contribution in [3.63, 3.8) is 0 Å². The fourth-order valence-corrected chi connectivity index (χ4v) is 6.56. The summed E-state index contributed by atoms with van der Waals surface area (Å²) in [4.78, 5) is 18.2. The highest BCUT2D eigenvalue weighted by Gasteiger charge is 2.31. The SMILES string of the molecule is COc1cc2c(c(OC)c1OC)CCn1c-2cc(C(=O)N[C@@H](CO)Cc2c[nH]c3ccccc23)c1-c1cccs1. The van der Waals surface area contributed by atoms with E-state index in [1.165, 1.54) is 0 Å². The zero-order valence-corrected chi connectivity index (χ0v) is 23.4. The van der Waals surface area contributed by atoms with Crippen LogP contribution in [0.25, 0.3) is 32.7 Å². The molecule has 0 bridgehead atoms. The van der Waals surface area contributed by atoms with Gasteiger partial charge in [-0.2, -0.15) is 0 Å². The van der Waals surface area contributed by atoms with E-state index in [4.69, 9.17) is 14.2 Å². The van der Waals surface area contributed by atoms with Crippen molar-refractivity contribution >= 4 is 28.1 Å². The molecule has 9 heteroatoms. The second-order valence-electron chi connectivity index (χ2n) is 9.76. The van der Waals surface area contributed by atoms with Gasteiger partial charge in [0.2, 0.25) is 5.75 Å². The highest BCUT2D eigenvalue weighted by molar-refractivity contribution is 7.13. The number of aliphatic hydroxyl groups excluding tert-OH is 1. The summed E-state index contributed by atoms with van der Waals surface area (Å²) >= 11 is 1.59. The summed E-state index contributed by atoms with van der Waals surface area (Å²) in [6.07, 6.45) is 3.16. The number of thiophene rings is 1. The lowest BCUT2D eigenvalue weighted by Gasteiger charge is -2.25. The van der Waals surface area contributed by atoms with Crippen LogP contribution in [0.2, 0.25) is 0 Å². The van der Waals surface area contributed by atoms with E-state index in [0.717, 1.165) is 43.9 Å². The van der Waals surface area contributed by atoms with Crippen LogP contribution in [0, 0.1) is 0 Å². The van der Waals surface area contributed by atoms with Gasteiger partial charge in [0.1, 0.15) is 0 Å². The lowest BCUT2D eigenvalue weighted by Crippen LogP contribution is -2.39. The zero-order chi connectivity index (χ0) is 27.8. The molecule has 1 amide bonds. The minimum Gasteiger partial charge on any atom is -0.493 e. The number of para-hydroxylation sites is 1. The Bertz CT molecular complexity index is 1690. The Kier molecular flexibility index (Phi) is 7.00. The van der Waals surface area contributed by atoms with Gasteiger partial charge in [0.05, 0.1) is 50.1 Å². The fraction of sp³-hybridized carbons (Fsp3) is 0.258. The zero-order valence-electron chi connectivity index (χ0n) is 22.6. The van der Waals surface area contributed by atoms with Crippen LogP contribution >= 0.6 is 11.3 Å². The number of amides is 1. The second-order valence-corrected chi connectivity index (χ2v) is 10.7. The molecule has 0 aliphatic carbocycles. The molecule has 1 atom stereocenters. The van der Waals surface area contributed by atoms with Gasteiger partial charge in [0.25, 0.3) is 5.91 Å². The molecule has 0 saturated heterocycles. The molecule has 0 saturated carbocycles. The first-order chi connectivity index (χ1) is 19.6. The monoisotopic (exact) mass is 557 g/mol. The van der Waals surface area contributed by atoms with Gasteiger partial charge in [-0.05, 0) is 48.1 Å². The van der Waals surface area contributed by atoms with Crippen molar-refractivity contribution in [2.45, 2.75) is 25.4 Å². The van der Waals surface area contributed by atoms with E-state index in [2.05, 4.69) is 14.9 Å². The van der Waals surface area contributed by atoms with E-state index in [1.807, 2.05) is 60.1 Å². The van der Waals surface area contributed by atoms with Crippen molar-refractivity contribution in [2.24, 2.45) is 0 Å². The number of nitrogens with one attached hydrogen (secondary N) is 2. The Hall–Kier alpha value is -4.21. The second kappa shape index (κ2) is 10.7. The predicted octanol–water partition coefficient (Wildman–Crippen LogP) is 5.28. The van der Waals surface area contributed by atoms with Crippen molar-refractivity contribution in [1.29, 1.82) is 0 Å². The maximum Gasteiger partial charge on any atom is 0.253 e. The number of aromatic nitrogens is 2. The lowest BCUT2D eigenvalue weighted by atomic mass is 9.96. The third-order valence-electron chi connectivity index (χ3n) is 7.59. The van der Waals surface area contributed by atoms with Gasteiger partial charge in [-0.1, -0.05) is 24.3 Å². The van der Waals surface area contributed by atoms with Crippen LogP contribution in [0.4, 0.5) is 0 Å². The molecule has 5 aromatic rings. The van der Waals surface area contributed by atoms with Crippen molar-refractivity contribution < 1.29 is 24.1 Å². The van der Waals surface area contributed by atoms with Crippen LogP contribution in [0.1, 0.15) is 21.5 Å². The molecule has 3 aromatic heterocycles. The quantitative estimate of drug-likeness (QED) is 0.229. The Labute approximate surface area is 236 Å². The molecule has 0 radical (unpaired) electrons. The first kappa shape index (κ1) is 26.0. The maximum atomic E-state index is 13.9. The number of rotatable bonds is 9. The summed E-state index contributed by atoms with van der Waals surface area (Å²) < 4.78 is 19.2. The van der Waals surface area contributed by atoms with Crippen LogP contribution in [0.5, 0.6) is 17.2 Å². The van der Waals surface area contributed by atoms with Crippen molar-refractivity contribution in [3.05, 3.63) is 76.8 Å². The van der Waals surface area contributed by atoms with Crippen molar-refractivity contribution in [3.8, 4) is 39.1 Å². The Morgan fingerprint density at radius 1 is 1.10 bits per heavy atom. The average Bonchev–Trinajstić information content (AvgIpc) is 3.74. The number of H-pyrrole nitrogens is 1. The van der Waals surface area contributed by atoms with E-state index in [9.17, 15) is 9.90 Å².